The maximum atomic E-state index is 13.0. The number of benzene rings is 2. The monoisotopic (exact) mass is 434 g/mol. The molecule has 0 saturated carbocycles. The van der Waals surface area contributed by atoms with E-state index in [9.17, 15) is 4.79 Å². The van der Waals surface area contributed by atoms with Crippen molar-refractivity contribution in [3.05, 3.63) is 74.6 Å². The van der Waals surface area contributed by atoms with Gasteiger partial charge in [0.1, 0.15) is 0 Å². The summed E-state index contributed by atoms with van der Waals surface area (Å²) in [6, 6.07) is 15.4. The molecule has 0 unspecified atom stereocenters. The Balaban J connectivity index is 2.28. The summed E-state index contributed by atoms with van der Waals surface area (Å²) in [6.45, 7) is 5.91. The molecule has 2 aromatic carbocycles. The molecule has 3 aromatic rings. The van der Waals surface area contributed by atoms with Crippen molar-refractivity contribution in [2.24, 2.45) is 0 Å². The number of rotatable bonds is 4. The third-order valence-corrected chi connectivity index (χ3v) is 5.10. The zero-order valence-electron chi connectivity index (χ0n) is 12.6. The van der Waals surface area contributed by atoms with E-state index in [2.05, 4.69) is 29.2 Å². The summed E-state index contributed by atoms with van der Waals surface area (Å²) in [5.74, 6) is 0.731. The summed E-state index contributed by atoms with van der Waals surface area (Å²) in [4.78, 5) is 17.7. The first-order valence-corrected chi connectivity index (χ1v) is 9.17. The van der Waals surface area contributed by atoms with Gasteiger partial charge in [0.15, 0.2) is 5.16 Å². The Bertz CT molecular complexity index is 935. The van der Waals surface area contributed by atoms with Crippen LogP contribution in [0.15, 0.2) is 70.6 Å². The Labute approximate surface area is 152 Å². The quantitative estimate of drug-likeness (QED) is 0.259. The van der Waals surface area contributed by atoms with E-state index in [-0.39, 0.29) is 5.56 Å². The molecule has 0 spiro atoms. The minimum Gasteiger partial charge on any atom is -0.268 e. The van der Waals surface area contributed by atoms with Gasteiger partial charge in [-0.05, 0) is 59.8 Å². The molecule has 0 bridgehead atoms. The van der Waals surface area contributed by atoms with E-state index >= 15 is 0 Å². The van der Waals surface area contributed by atoms with E-state index in [4.69, 9.17) is 4.98 Å². The summed E-state index contributed by atoms with van der Waals surface area (Å²) in [7, 11) is 0. The lowest BCUT2D eigenvalue weighted by Gasteiger charge is -2.13. The number of hydrogen-bond acceptors (Lipinski definition) is 3. The summed E-state index contributed by atoms with van der Waals surface area (Å²) in [5.41, 5.74) is 2.57. The van der Waals surface area contributed by atoms with Crippen LogP contribution in [-0.4, -0.2) is 15.3 Å². The highest BCUT2D eigenvalue weighted by atomic mass is 127. The van der Waals surface area contributed by atoms with Crippen LogP contribution in [0.3, 0.4) is 0 Å². The smallest absolute Gasteiger partial charge is 0.266 e. The Kier molecular flexibility index (Phi) is 4.87. The lowest BCUT2D eigenvalue weighted by molar-refractivity contribution is 0.820. The van der Waals surface area contributed by atoms with Gasteiger partial charge in [0.05, 0.1) is 16.6 Å². The number of thioether (sulfide) groups is 1. The van der Waals surface area contributed by atoms with Crippen LogP contribution in [0, 0.1) is 3.57 Å². The van der Waals surface area contributed by atoms with E-state index in [0.717, 1.165) is 26.1 Å². The molecule has 3 nitrogen and oxygen atoms in total. The minimum absolute atomic E-state index is 0.0380. The van der Waals surface area contributed by atoms with Crippen LogP contribution in [-0.2, 0) is 0 Å². The highest BCUT2D eigenvalue weighted by molar-refractivity contribution is 14.1. The average molecular weight is 434 g/mol. The Morgan fingerprint density at radius 3 is 2.70 bits per heavy atom. The number of nitrogens with zero attached hydrogens (tertiary/aromatic N) is 2. The van der Waals surface area contributed by atoms with E-state index < -0.39 is 0 Å². The fourth-order valence-corrected chi connectivity index (χ4v) is 3.57. The molecule has 116 valence electrons. The first kappa shape index (κ1) is 16.3. The van der Waals surface area contributed by atoms with Gasteiger partial charge in [-0.1, -0.05) is 42.1 Å². The highest BCUT2D eigenvalue weighted by Crippen LogP contribution is 2.23. The van der Waals surface area contributed by atoms with Gasteiger partial charge < -0.3 is 0 Å². The van der Waals surface area contributed by atoms with Crippen LogP contribution < -0.4 is 5.56 Å². The maximum Gasteiger partial charge on any atom is 0.266 e. The lowest BCUT2D eigenvalue weighted by atomic mass is 10.2. The predicted octanol–water partition coefficient (Wildman–Crippen LogP) is 4.66. The second kappa shape index (κ2) is 6.88. The zero-order chi connectivity index (χ0) is 16.4. The van der Waals surface area contributed by atoms with Crippen molar-refractivity contribution in [2.45, 2.75) is 12.1 Å². The molecule has 3 rings (SSSR count). The standard InChI is InChI=1S/C18H15IN2OS/c1-12(2)11-23-18-20-16-9-8-13(19)10-15(16)17(22)21(18)14-6-4-3-5-7-14/h3-10H,1,11H2,2H3. The Morgan fingerprint density at radius 1 is 1.26 bits per heavy atom. The molecule has 1 aromatic heterocycles. The number of hydrogen-bond donors (Lipinski definition) is 0. The first-order valence-electron chi connectivity index (χ1n) is 7.11. The fraction of sp³-hybridized carbons (Fsp3) is 0.111. The SMILES string of the molecule is C=C(C)CSc1nc2ccc(I)cc2c(=O)n1-c1ccccc1. The topological polar surface area (TPSA) is 34.9 Å². The molecule has 0 radical (unpaired) electrons. The second-order valence-corrected chi connectivity index (χ2v) is 7.47. The lowest BCUT2D eigenvalue weighted by Crippen LogP contribution is -2.22. The molecule has 1 heterocycles. The van der Waals surface area contributed by atoms with E-state index in [1.807, 2.05) is 55.5 Å². The van der Waals surface area contributed by atoms with Gasteiger partial charge in [0.2, 0.25) is 0 Å². The molecule has 0 aliphatic heterocycles. The van der Waals surface area contributed by atoms with Crippen molar-refractivity contribution in [3.63, 3.8) is 0 Å². The van der Waals surface area contributed by atoms with Gasteiger partial charge in [-0.25, -0.2) is 4.98 Å². The predicted molar refractivity (Wildman–Crippen MR) is 106 cm³/mol. The normalized spacial score (nSPS) is 10.9. The first-order chi connectivity index (χ1) is 11.1. The van der Waals surface area contributed by atoms with Gasteiger partial charge in [-0.3, -0.25) is 9.36 Å². The third kappa shape index (κ3) is 3.50. The zero-order valence-corrected chi connectivity index (χ0v) is 15.6. The van der Waals surface area contributed by atoms with Crippen molar-refractivity contribution in [3.8, 4) is 5.69 Å². The van der Waals surface area contributed by atoms with Gasteiger partial charge in [-0.15, -0.1) is 0 Å². The minimum atomic E-state index is -0.0380. The van der Waals surface area contributed by atoms with Crippen molar-refractivity contribution in [1.29, 1.82) is 0 Å². The summed E-state index contributed by atoms with van der Waals surface area (Å²) >= 11 is 3.75. The van der Waals surface area contributed by atoms with Crippen molar-refractivity contribution >= 4 is 45.3 Å². The molecular formula is C18H15IN2OS. The van der Waals surface area contributed by atoms with Crippen LogP contribution in [0.25, 0.3) is 16.6 Å². The molecule has 0 atom stereocenters. The number of fused-ring (bicyclic) bond motifs is 1. The van der Waals surface area contributed by atoms with Crippen LogP contribution in [0.2, 0.25) is 0 Å². The van der Waals surface area contributed by atoms with Gasteiger partial charge in [0.25, 0.3) is 5.56 Å². The van der Waals surface area contributed by atoms with Crippen LogP contribution in [0.5, 0.6) is 0 Å². The van der Waals surface area contributed by atoms with Crippen molar-refractivity contribution < 1.29 is 0 Å². The number of aromatic nitrogens is 2. The Morgan fingerprint density at radius 2 is 2.00 bits per heavy atom. The molecule has 0 amide bonds. The molecule has 0 aliphatic carbocycles. The molecule has 0 N–H and O–H groups in total. The Hall–Kier alpha value is -1.60. The van der Waals surface area contributed by atoms with E-state index in [0.29, 0.717) is 10.5 Å². The van der Waals surface area contributed by atoms with E-state index in [1.54, 1.807) is 4.57 Å². The molecule has 0 fully saturated rings. The largest absolute Gasteiger partial charge is 0.268 e. The molecular weight excluding hydrogens is 419 g/mol. The van der Waals surface area contributed by atoms with Crippen LogP contribution in [0.1, 0.15) is 6.92 Å². The summed E-state index contributed by atoms with van der Waals surface area (Å²) in [5, 5.41) is 1.33. The number of halogens is 1. The fourth-order valence-electron chi connectivity index (χ4n) is 2.23. The van der Waals surface area contributed by atoms with Gasteiger partial charge in [-0.2, -0.15) is 0 Å². The van der Waals surface area contributed by atoms with E-state index in [1.165, 1.54) is 11.8 Å². The van der Waals surface area contributed by atoms with Crippen LogP contribution >= 0.6 is 34.4 Å². The van der Waals surface area contributed by atoms with Crippen molar-refractivity contribution in [1.82, 2.24) is 9.55 Å². The van der Waals surface area contributed by atoms with Crippen molar-refractivity contribution in [2.75, 3.05) is 5.75 Å². The second-order valence-electron chi connectivity index (χ2n) is 5.28. The molecule has 5 heteroatoms. The molecule has 0 aliphatic rings. The summed E-state index contributed by atoms with van der Waals surface area (Å²) < 4.78 is 2.71. The maximum absolute atomic E-state index is 13.0. The van der Waals surface area contributed by atoms with Gasteiger partial charge in [0, 0.05) is 9.32 Å². The molecule has 0 saturated heterocycles. The van der Waals surface area contributed by atoms with Crippen LogP contribution in [0.4, 0.5) is 0 Å². The molecule has 23 heavy (non-hydrogen) atoms. The number of para-hydroxylation sites is 1. The average Bonchev–Trinajstić information content (AvgIpc) is 2.54. The third-order valence-electron chi connectivity index (χ3n) is 3.26. The highest BCUT2D eigenvalue weighted by Gasteiger charge is 2.13. The summed E-state index contributed by atoms with van der Waals surface area (Å²) in [6.07, 6.45) is 0. The van der Waals surface area contributed by atoms with Gasteiger partial charge >= 0.3 is 0 Å².